The van der Waals surface area contributed by atoms with E-state index in [4.69, 9.17) is 16.7 Å². The number of nitrogens with one attached hydrogen (secondary N) is 1. The van der Waals surface area contributed by atoms with Gasteiger partial charge in [-0.25, -0.2) is 4.39 Å². The zero-order valence-corrected chi connectivity index (χ0v) is 11.6. The van der Waals surface area contributed by atoms with Crippen LogP contribution in [0.1, 0.15) is 13.8 Å². The molecule has 8 heteroatoms. The molecule has 0 aliphatic heterocycles. The number of nitrogens with zero attached hydrogens (tertiary/aromatic N) is 1. The van der Waals surface area contributed by atoms with Crippen molar-refractivity contribution in [1.82, 2.24) is 0 Å². The minimum atomic E-state index is -1.01. The second-order valence-electron chi connectivity index (χ2n) is 4.61. The lowest BCUT2D eigenvalue weighted by molar-refractivity contribution is -0.384. The van der Waals surface area contributed by atoms with Gasteiger partial charge in [0.05, 0.1) is 21.9 Å². The molecule has 6 nitrogen and oxygen atoms in total. The Hall–Kier alpha value is -1.89. The summed E-state index contributed by atoms with van der Waals surface area (Å²) in [4.78, 5) is 21.1. The van der Waals surface area contributed by atoms with E-state index in [1.807, 2.05) is 0 Å². The second-order valence-corrected chi connectivity index (χ2v) is 5.02. The Bertz CT molecular complexity index is 536. The summed E-state index contributed by atoms with van der Waals surface area (Å²) in [5.74, 6) is -2.79. The first-order valence-corrected chi connectivity index (χ1v) is 6.22. The molecule has 1 aromatic carbocycles. The summed E-state index contributed by atoms with van der Waals surface area (Å²) in [6, 6.07) is 1.78. The van der Waals surface area contributed by atoms with Crippen LogP contribution in [-0.4, -0.2) is 22.5 Å². The number of hydrogen-bond acceptors (Lipinski definition) is 4. The summed E-state index contributed by atoms with van der Waals surface area (Å²) in [5, 5.41) is 22.3. The van der Waals surface area contributed by atoms with Gasteiger partial charge < -0.3 is 10.4 Å². The van der Waals surface area contributed by atoms with Gasteiger partial charge in [-0.3, -0.25) is 14.9 Å². The number of aliphatic carboxylic acids is 1. The van der Waals surface area contributed by atoms with E-state index in [9.17, 15) is 19.3 Å². The summed E-state index contributed by atoms with van der Waals surface area (Å²) < 4.78 is 13.2. The van der Waals surface area contributed by atoms with E-state index < -0.39 is 28.3 Å². The number of carboxylic acid groups (broad SMARTS) is 1. The fourth-order valence-corrected chi connectivity index (χ4v) is 1.82. The van der Waals surface area contributed by atoms with Crippen molar-refractivity contribution >= 4 is 28.9 Å². The Balaban J connectivity index is 3.00. The number of benzene rings is 1. The second kappa shape index (κ2) is 6.51. The molecule has 0 aliphatic carbocycles. The highest BCUT2D eigenvalue weighted by molar-refractivity contribution is 6.31. The standard InChI is InChI=1S/C12H14ClFN2O4/c1-6(2)7(12(17)18)5-15-10-3-8(13)9(14)4-11(10)16(19)20/h3-4,6-7,15H,5H2,1-2H3,(H,17,18). The van der Waals surface area contributed by atoms with Gasteiger partial charge in [0, 0.05) is 6.54 Å². The maximum absolute atomic E-state index is 13.2. The number of rotatable bonds is 6. The maximum Gasteiger partial charge on any atom is 0.308 e. The minimum Gasteiger partial charge on any atom is -0.481 e. The van der Waals surface area contributed by atoms with Crippen LogP contribution in [0.2, 0.25) is 5.02 Å². The number of hydrogen-bond donors (Lipinski definition) is 2. The molecule has 1 rings (SSSR count). The number of anilines is 1. The lowest BCUT2D eigenvalue weighted by Crippen LogP contribution is -2.27. The highest BCUT2D eigenvalue weighted by Crippen LogP contribution is 2.30. The smallest absolute Gasteiger partial charge is 0.308 e. The Morgan fingerprint density at radius 2 is 2.15 bits per heavy atom. The Kier molecular flexibility index (Phi) is 5.26. The lowest BCUT2D eigenvalue weighted by Gasteiger charge is -2.17. The van der Waals surface area contributed by atoms with Gasteiger partial charge in [-0.05, 0) is 12.0 Å². The fraction of sp³-hybridized carbons (Fsp3) is 0.417. The summed E-state index contributed by atoms with van der Waals surface area (Å²) in [6.45, 7) is 3.44. The molecule has 0 spiro atoms. The molecule has 0 amide bonds. The zero-order chi connectivity index (χ0) is 15.4. The first kappa shape index (κ1) is 16.2. The monoisotopic (exact) mass is 304 g/mol. The van der Waals surface area contributed by atoms with Crippen molar-refractivity contribution in [2.45, 2.75) is 13.8 Å². The van der Waals surface area contributed by atoms with Gasteiger partial charge in [0.1, 0.15) is 11.5 Å². The van der Waals surface area contributed by atoms with Gasteiger partial charge in [0.15, 0.2) is 0 Å². The third-order valence-electron chi connectivity index (χ3n) is 2.87. The van der Waals surface area contributed by atoms with Crippen molar-refractivity contribution in [2.75, 3.05) is 11.9 Å². The molecule has 2 N–H and O–H groups in total. The van der Waals surface area contributed by atoms with E-state index >= 15 is 0 Å². The molecule has 1 unspecified atom stereocenters. The van der Waals surface area contributed by atoms with Gasteiger partial charge >= 0.3 is 5.97 Å². The predicted octanol–water partition coefficient (Wildman–Crippen LogP) is 3.16. The molecule has 0 saturated heterocycles. The van der Waals surface area contributed by atoms with Gasteiger partial charge in [-0.1, -0.05) is 25.4 Å². The van der Waals surface area contributed by atoms with E-state index in [2.05, 4.69) is 5.32 Å². The molecule has 0 heterocycles. The number of carboxylic acids is 1. The van der Waals surface area contributed by atoms with Crippen LogP contribution in [-0.2, 0) is 4.79 Å². The van der Waals surface area contributed by atoms with Gasteiger partial charge in [0.25, 0.3) is 5.69 Å². The Labute approximate surface area is 119 Å². The largest absolute Gasteiger partial charge is 0.481 e. The molecule has 0 bridgehead atoms. The quantitative estimate of drug-likeness (QED) is 0.622. The van der Waals surface area contributed by atoms with Crippen molar-refractivity contribution in [2.24, 2.45) is 11.8 Å². The Morgan fingerprint density at radius 3 is 2.60 bits per heavy atom. The topological polar surface area (TPSA) is 92.5 Å². The van der Waals surface area contributed by atoms with Crippen LogP contribution in [0.5, 0.6) is 0 Å². The van der Waals surface area contributed by atoms with E-state index in [-0.39, 0.29) is 23.2 Å². The molecule has 0 aromatic heterocycles. The molecule has 1 atom stereocenters. The molecule has 0 saturated carbocycles. The first-order valence-electron chi connectivity index (χ1n) is 5.84. The molecular weight excluding hydrogens is 291 g/mol. The van der Waals surface area contributed by atoms with Gasteiger partial charge in [-0.15, -0.1) is 0 Å². The van der Waals surface area contributed by atoms with Crippen LogP contribution in [0, 0.1) is 27.8 Å². The third-order valence-corrected chi connectivity index (χ3v) is 3.16. The van der Waals surface area contributed by atoms with E-state index in [1.54, 1.807) is 13.8 Å². The van der Waals surface area contributed by atoms with E-state index in [0.717, 1.165) is 6.07 Å². The minimum absolute atomic E-state index is 0.00620. The lowest BCUT2D eigenvalue weighted by atomic mass is 9.96. The predicted molar refractivity (Wildman–Crippen MR) is 72.5 cm³/mol. The normalized spacial score (nSPS) is 12.2. The van der Waals surface area contributed by atoms with Crippen LogP contribution in [0.15, 0.2) is 12.1 Å². The van der Waals surface area contributed by atoms with Crippen LogP contribution < -0.4 is 5.32 Å². The van der Waals surface area contributed by atoms with Crippen LogP contribution in [0.25, 0.3) is 0 Å². The van der Waals surface area contributed by atoms with Crippen LogP contribution in [0.3, 0.4) is 0 Å². The van der Waals surface area contributed by atoms with Gasteiger partial charge in [-0.2, -0.15) is 0 Å². The molecular formula is C12H14ClFN2O4. The maximum atomic E-state index is 13.2. The summed E-state index contributed by atoms with van der Waals surface area (Å²) in [5.41, 5.74) is -0.493. The number of nitro groups is 1. The molecule has 0 radical (unpaired) electrons. The van der Waals surface area contributed by atoms with Gasteiger partial charge in [0.2, 0.25) is 0 Å². The Morgan fingerprint density at radius 1 is 1.55 bits per heavy atom. The third kappa shape index (κ3) is 3.80. The highest BCUT2D eigenvalue weighted by atomic mass is 35.5. The number of halogens is 2. The van der Waals surface area contributed by atoms with Crippen LogP contribution >= 0.6 is 11.6 Å². The highest BCUT2D eigenvalue weighted by Gasteiger charge is 2.23. The average Bonchev–Trinajstić information content (AvgIpc) is 2.32. The van der Waals surface area contributed by atoms with E-state index in [0.29, 0.717) is 6.07 Å². The number of carbonyl (C=O) groups is 1. The molecule has 110 valence electrons. The summed E-state index contributed by atoms with van der Waals surface area (Å²) in [7, 11) is 0. The van der Waals surface area contributed by atoms with Crippen molar-refractivity contribution in [3.8, 4) is 0 Å². The first-order chi connectivity index (χ1) is 9.23. The molecule has 0 fully saturated rings. The number of nitro benzene ring substituents is 1. The summed E-state index contributed by atoms with van der Waals surface area (Å²) >= 11 is 5.58. The SMILES string of the molecule is CC(C)C(CNc1cc(Cl)c(F)cc1[N+](=O)[O-])C(=O)O. The van der Waals surface area contributed by atoms with Crippen molar-refractivity contribution in [1.29, 1.82) is 0 Å². The van der Waals surface area contributed by atoms with E-state index in [1.165, 1.54) is 0 Å². The molecule has 0 aliphatic rings. The average molecular weight is 305 g/mol. The van der Waals surface area contributed by atoms with Crippen LogP contribution in [0.4, 0.5) is 15.8 Å². The zero-order valence-electron chi connectivity index (χ0n) is 10.9. The molecule has 20 heavy (non-hydrogen) atoms. The summed E-state index contributed by atoms with van der Waals surface area (Å²) in [6.07, 6.45) is 0. The van der Waals surface area contributed by atoms with Crippen molar-refractivity contribution in [3.63, 3.8) is 0 Å². The van der Waals surface area contributed by atoms with Crippen molar-refractivity contribution in [3.05, 3.63) is 33.1 Å². The molecule has 1 aromatic rings. The fourth-order valence-electron chi connectivity index (χ4n) is 1.66. The van der Waals surface area contributed by atoms with Crippen molar-refractivity contribution < 1.29 is 19.2 Å².